The molecule has 6 heteroatoms. The molecule has 0 aliphatic carbocycles. The quantitative estimate of drug-likeness (QED) is 0.810. The van der Waals surface area contributed by atoms with Gasteiger partial charge in [-0.05, 0) is 61.3 Å². The van der Waals surface area contributed by atoms with Crippen LogP contribution in [-0.4, -0.2) is 23.9 Å². The molecule has 3 rings (SSSR count). The third kappa shape index (κ3) is 4.94. The first kappa shape index (κ1) is 18.2. The Labute approximate surface area is 156 Å². The summed E-state index contributed by atoms with van der Waals surface area (Å²) < 4.78 is 13.0. The number of hydrogen-bond donors (Lipinski definition) is 1. The van der Waals surface area contributed by atoms with Crippen molar-refractivity contribution in [2.45, 2.75) is 19.4 Å². The fourth-order valence-corrected chi connectivity index (χ4v) is 3.55. The molecule has 1 atom stereocenters. The van der Waals surface area contributed by atoms with E-state index in [2.05, 4.69) is 10.2 Å². The number of anilines is 1. The van der Waals surface area contributed by atoms with Crippen LogP contribution in [0.4, 0.5) is 10.1 Å². The van der Waals surface area contributed by atoms with Gasteiger partial charge >= 0.3 is 0 Å². The molecule has 132 valence electrons. The van der Waals surface area contributed by atoms with E-state index in [1.807, 2.05) is 12.1 Å². The molecular weight excluding hydrogens is 362 g/mol. The molecule has 2 aromatic carbocycles. The Morgan fingerprint density at radius 3 is 2.68 bits per heavy atom. The third-order valence-electron chi connectivity index (χ3n) is 4.40. The molecule has 0 radical (unpaired) electrons. The molecule has 25 heavy (non-hydrogen) atoms. The maximum atomic E-state index is 13.0. The van der Waals surface area contributed by atoms with Crippen molar-refractivity contribution in [3.8, 4) is 0 Å². The van der Waals surface area contributed by atoms with Crippen LogP contribution < -0.4 is 5.32 Å². The standard InChI is InChI=1S/C19H19Cl2FN2O/c20-15-4-3-13(18(21)10-15)11-24-9-1-2-14(12-24)19(25)23-17-7-5-16(22)6-8-17/h3-8,10,14H,1-2,9,11-12H2,(H,23,25)/t14-/m1/s1. The first-order valence-corrected chi connectivity index (χ1v) is 8.99. The summed E-state index contributed by atoms with van der Waals surface area (Å²) in [7, 11) is 0. The van der Waals surface area contributed by atoms with Crippen molar-refractivity contribution >= 4 is 34.8 Å². The summed E-state index contributed by atoms with van der Waals surface area (Å²) in [5.41, 5.74) is 1.62. The van der Waals surface area contributed by atoms with E-state index in [0.717, 1.165) is 24.9 Å². The zero-order chi connectivity index (χ0) is 17.8. The van der Waals surface area contributed by atoms with Gasteiger partial charge in [0.1, 0.15) is 5.82 Å². The monoisotopic (exact) mass is 380 g/mol. The van der Waals surface area contributed by atoms with Gasteiger partial charge in [0.15, 0.2) is 0 Å². The van der Waals surface area contributed by atoms with E-state index in [4.69, 9.17) is 23.2 Å². The van der Waals surface area contributed by atoms with E-state index in [-0.39, 0.29) is 17.6 Å². The largest absolute Gasteiger partial charge is 0.326 e. The van der Waals surface area contributed by atoms with E-state index in [0.29, 0.717) is 28.8 Å². The van der Waals surface area contributed by atoms with E-state index >= 15 is 0 Å². The lowest BCUT2D eigenvalue weighted by Gasteiger charge is -2.32. The van der Waals surface area contributed by atoms with Gasteiger partial charge in [-0.1, -0.05) is 29.3 Å². The van der Waals surface area contributed by atoms with E-state index in [1.165, 1.54) is 12.1 Å². The first-order valence-electron chi connectivity index (χ1n) is 8.24. The Morgan fingerprint density at radius 1 is 1.20 bits per heavy atom. The molecule has 2 aromatic rings. The lowest BCUT2D eigenvalue weighted by molar-refractivity contribution is -0.121. The minimum absolute atomic E-state index is 0.0292. The zero-order valence-corrected chi connectivity index (χ0v) is 15.2. The summed E-state index contributed by atoms with van der Waals surface area (Å²) in [4.78, 5) is 14.7. The number of amides is 1. The molecule has 0 unspecified atom stereocenters. The number of halogens is 3. The Hall–Kier alpha value is -1.62. The Balaban J connectivity index is 1.60. The van der Waals surface area contributed by atoms with Crippen molar-refractivity contribution in [1.82, 2.24) is 4.90 Å². The van der Waals surface area contributed by atoms with E-state index in [9.17, 15) is 9.18 Å². The molecule has 1 saturated heterocycles. The van der Waals surface area contributed by atoms with Crippen LogP contribution in [0.3, 0.4) is 0 Å². The minimum atomic E-state index is -0.318. The number of nitrogens with one attached hydrogen (secondary N) is 1. The van der Waals surface area contributed by atoms with Gasteiger partial charge in [-0.15, -0.1) is 0 Å². The number of benzene rings is 2. The van der Waals surface area contributed by atoms with Crippen molar-refractivity contribution in [3.63, 3.8) is 0 Å². The smallest absolute Gasteiger partial charge is 0.228 e. The SMILES string of the molecule is O=C(Nc1ccc(F)cc1)[C@@H]1CCCN(Cc2ccc(Cl)cc2Cl)C1. The summed E-state index contributed by atoms with van der Waals surface area (Å²) in [5.74, 6) is -0.440. The van der Waals surface area contributed by atoms with E-state index < -0.39 is 0 Å². The third-order valence-corrected chi connectivity index (χ3v) is 4.98. The molecule has 0 bridgehead atoms. The number of carbonyl (C=O) groups is 1. The predicted molar refractivity (Wildman–Crippen MR) is 99.5 cm³/mol. The van der Waals surface area contributed by atoms with Crippen LogP contribution in [0.25, 0.3) is 0 Å². The highest BCUT2D eigenvalue weighted by atomic mass is 35.5. The Bertz CT molecular complexity index is 752. The highest BCUT2D eigenvalue weighted by molar-refractivity contribution is 6.35. The highest BCUT2D eigenvalue weighted by Gasteiger charge is 2.26. The van der Waals surface area contributed by atoms with Gasteiger partial charge < -0.3 is 5.32 Å². The number of likely N-dealkylation sites (tertiary alicyclic amines) is 1. The van der Waals surface area contributed by atoms with Crippen LogP contribution in [0.15, 0.2) is 42.5 Å². The highest BCUT2D eigenvalue weighted by Crippen LogP contribution is 2.25. The van der Waals surface area contributed by atoms with Crippen molar-refractivity contribution in [2.75, 3.05) is 18.4 Å². The van der Waals surface area contributed by atoms with E-state index in [1.54, 1.807) is 18.2 Å². The van der Waals surface area contributed by atoms with Crippen molar-refractivity contribution in [3.05, 3.63) is 63.9 Å². The van der Waals surface area contributed by atoms with Gasteiger partial charge in [0.25, 0.3) is 0 Å². The molecule has 1 fully saturated rings. The summed E-state index contributed by atoms with van der Waals surface area (Å²) in [6.07, 6.45) is 1.80. The zero-order valence-electron chi connectivity index (χ0n) is 13.6. The lowest BCUT2D eigenvalue weighted by atomic mass is 9.96. The predicted octanol–water partition coefficient (Wildman–Crippen LogP) is 4.98. The maximum absolute atomic E-state index is 13.0. The molecule has 0 saturated carbocycles. The summed E-state index contributed by atoms with van der Waals surface area (Å²) in [6, 6.07) is 11.3. The van der Waals surface area contributed by atoms with Gasteiger partial charge in [-0.3, -0.25) is 9.69 Å². The van der Waals surface area contributed by atoms with Crippen LogP contribution in [-0.2, 0) is 11.3 Å². The fraction of sp³-hybridized carbons (Fsp3) is 0.316. The van der Waals surface area contributed by atoms with Crippen LogP contribution in [0, 0.1) is 11.7 Å². The lowest BCUT2D eigenvalue weighted by Crippen LogP contribution is -2.40. The minimum Gasteiger partial charge on any atom is -0.326 e. The molecule has 1 heterocycles. The maximum Gasteiger partial charge on any atom is 0.228 e. The van der Waals surface area contributed by atoms with Crippen molar-refractivity contribution < 1.29 is 9.18 Å². The van der Waals surface area contributed by atoms with Gasteiger partial charge in [0.2, 0.25) is 5.91 Å². The van der Waals surface area contributed by atoms with Crippen LogP contribution >= 0.6 is 23.2 Å². The molecule has 3 nitrogen and oxygen atoms in total. The molecule has 1 aliphatic rings. The second-order valence-electron chi connectivity index (χ2n) is 6.31. The molecular formula is C19H19Cl2FN2O. The molecule has 0 aromatic heterocycles. The fourth-order valence-electron chi connectivity index (χ4n) is 3.08. The first-order chi connectivity index (χ1) is 12.0. The normalized spacial score (nSPS) is 18.1. The summed E-state index contributed by atoms with van der Waals surface area (Å²) in [5, 5.41) is 4.12. The van der Waals surface area contributed by atoms with Gasteiger partial charge in [-0.25, -0.2) is 4.39 Å². The molecule has 1 aliphatic heterocycles. The second-order valence-corrected chi connectivity index (χ2v) is 7.15. The Morgan fingerprint density at radius 2 is 1.96 bits per heavy atom. The number of nitrogens with zero attached hydrogens (tertiary/aromatic N) is 1. The molecule has 1 amide bonds. The summed E-state index contributed by atoms with van der Waals surface area (Å²) >= 11 is 12.2. The van der Waals surface area contributed by atoms with Crippen molar-refractivity contribution in [1.29, 1.82) is 0 Å². The molecule has 0 spiro atoms. The van der Waals surface area contributed by atoms with Crippen LogP contribution in [0.5, 0.6) is 0 Å². The number of carbonyl (C=O) groups excluding carboxylic acids is 1. The Kier molecular flexibility index (Phi) is 5.94. The second kappa shape index (κ2) is 8.17. The van der Waals surface area contributed by atoms with Gasteiger partial charge in [-0.2, -0.15) is 0 Å². The van der Waals surface area contributed by atoms with Gasteiger partial charge in [0, 0.05) is 28.8 Å². The number of rotatable bonds is 4. The molecule has 1 N–H and O–H groups in total. The van der Waals surface area contributed by atoms with Crippen molar-refractivity contribution in [2.24, 2.45) is 5.92 Å². The van der Waals surface area contributed by atoms with Crippen LogP contribution in [0.1, 0.15) is 18.4 Å². The van der Waals surface area contributed by atoms with Crippen LogP contribution in [0.2, 0.25) is 10.0 Å². The average Bonchev–Trinajstić information content (AvgIpc) is 2.60. The average molecular weight is 381 g/mol. The number of hydrogen-bond acceptors (Lipinski definition) is 2. The summed E-state index contributed by atoms with van der Waals surface area (Å²) in [6.45, 7) is 2.29. The topological polar surface area (TPSA) is 32.3 Å². The number of piperidine rings is 1. The van der Waals surface area contributed by atoms with Gasteiger partial charge in [0.05, 0.1) is 5.92 Å².